The van der Waals surface area contributed by atoms with E-state index in [0.29, 0.717) is 12.5 Å². The molecule has 1 fully saturated rings. The zero-order valence-corrected chi connectivity index (χ0v) is 12.9. The molecule has 0 saturated carbocycles. The van der Waals surface area contributed by atoms with Crippen LogP contribution in [0.15, 0.2) is 22.6 Å². The van der Waals surface area contributed by atoms with E-state index in [4.69, 9.17) is 9.15 Å². The highest BCUT2D eigenvalue weighted by molar-refractivity contribution is 5.97. The van der Waals surface area contributed by atoms with E-state index in [1.807, 2.05) is 18.2 Å². The van der Waals surface area contributed by atoms with Crippen molar-refractivity contribution < 1.29 is 13.9 Å². The van der Waals surface area contributed by atoms with Crippen LogP contribution in [0, 0.1) is 12.3 Å². The van der Waals surface area contributed by atoms with Crippen LogP contribution in [0.1, 0.15) is 18.7 Å². The zero-order chi connectivity index (χ0) is 15.6. The zero-order valence-electron chi connectivity index (χ0n) is 12.9. The molecule has 0 spiro atoms. The second-order valence-corrected chi connectivity index (χ2v) is 5.83. The van der Waals surface area contributed by atoms with E-state index in [9.17, 15) is 4.79 Å². The lowest BCUT2D eigenvalue weighted by Gasteiger charge is -2.35. The van der Waals surface area contributed by atoms with E-state index in [2.05, 4.69) is 15.6 Å². The maximum Gasteiger partial charge on any atom is 0.233 e. The first-order valence-electron chi connectivity index (χ1n) is 7.51. The van der Waals surface area contributed by atoms with Crippen molar-refractivity contribution in [1.82, 2.24) is 10.3 Å². The van der Waals surface area contributed by atoms with Gasteiger partial charge in [-0.1, -0.05) is 0 Å². The number of carbonyl (C=O) groups excluding carboxylic acids is 1. The van der Waals surface area contributed by atoms with Crippen molar-refractivity contribution in [2.45, 2.75) is 19.8 Å². The number of nitrogens with zero attached hydrogens (tertiary/aromatic N) is 1. The summed E-state index contributed by atoms with van der Waals surface area (Å²) in [5.74, 6) is 0.628. The van der Waals surface area contributed by atoms with Crippen molar-refractivity contribution >= 4 is 22.7 Å². The molecule has 6 nitrogen and oxygen atoms in total. The number of amides is 1. The highest BCUT2D eigenvalue weighted by Gasteiger charge is 2.39. The van der Waals surface area contributed by atoms with Crippen LogP contribution in [-0.2, 0) is 9.53 Å². The van der Waals surface area contributed by atoms with Gasteiger partial charge in [-0.2, -0.15) is 0 Å². The number of aromatic nitrogens is 1. The lowest BCUT2D eigenvalue weighted by molar-refractivity contribution is -0.130. The van der Waals surface area contributed by atoms with Gasteiger partial charge in [0.25, 0.3) is 0 Å². The Hall–Kier alpha value is -1.92. The van der Waals surface area contributed by atoms with Gasteiger partial charge in [-0.15, -0.1) is 0 Å². The number of piperidine rings is 1. The van der Waals surface area contributed by atoms with Crippen LogP contribution < -0.4 is 10.6 Å². The predicted octanol–water partition coefficient (Wildman–Crippen LogP) is 2.09. The van der Waals surface area contributed by atoms with Crippen LogP contribution in [0.4, 0.5) is 5.69 Å². The summed E-state index contributed by atoms with van der Waals surface area (Å²) in [6, 6.07) is 5.51. The van der Waals surface area contributed by atoms with Gasteiger partial charge in [-0.05, 0) is 44.1 Å². The molecule has 1 aliphatic rings. The molecule has 0 bridgehead atoms. The molecule has 6 heteroatoms. The molecule has 1 aromatic carbocycles. The number of rotatable bonds is 4. The molecule has 1 saturated heterocycles. The summed E-state index contributed by atoms with van der Waals surface area (Å²) in [6.45, 7) is 3.91. The van der Waals surface area contributed by atoms with Crippen molar-refractivity contribution in [2.75, 3.05) is 32.1 Å². The second kappa shape index (κ2) is 6.06. The van der Waals surface area contributed by atoms with E-state index in [-0.39, 0.29) is 5.91 Å². The molecule has 1 amide bonds. The normalized spacial score (nSPS) is 17.5. The van der Waals surface area contributed by atoms with E-state index >= 15 is 0 Å². The largest absolute Gasteiger partial charge is 0.441 e. The van der Waals surface area contributed by atoms with Gasteiger partial charge in [-0.3, -0.25) is 4.79 Å². The summed E-state index contributed by atoms with van der Waals surface area (Å²) < 4.78 is 10.8. The second-order valence-electron chi connectivity index (χ2n) is 5.83. The van der Waals surface area contributed by atoms with Gasteiger partial charge >= 0.3 is 0 Å². The van der Waals surface area contributed by atoms with Crippen LogP contribution in [-0.4, -0.2) is 37.7 Å². The molecule has 22 heavy (non-hydrogen) atoms. The number of anilines is 1. The third-order valence-electron chi connectivity index (χ3n) is 4.22. The highest BCUT2D eigenvalue weighted by atomic mass is 16.5. The highest BCUT2D eigenvalue weighted by Crippen LogP contribution is 2.31. The van der Waals surface area contributed by atoms with E-state index < -0.39 is 5.41 Å². The number of benzene rings is 1. The molecule has 0 aliphatic carbocycles. The molecule has 0 unspecified atom stereocenters. The first kappa shape index (κ1) is 15.0. The maximum atomic E-state index is 12.8. The number of methoxy groups -OCH3 is 1. The summed E-state index contributed by atoms with van der Waals surface area (Å²) in [7, 11) is 1.64. The Labute approximate surface area is 129 Å². The van der Waals surface area contributed by atoms with Crippen LogP contribution in [0.5, 0.6) is 0 Å². The standard InChI is InChI=1S/C16H21N3O3/c1-11-18-13-9-12(3-4-14(13)22-11)19-15(20)16(10-21-2)5-7-17-8-6-16/h3-4,9,17H,5-8,10H2,1-2H3,(H,19,20). The smallest absolute Gasteiger partial charge is 0.233 e. The number of hydrogen-bond donors (Lipinski definition) is 2. The number of oxazole rings is 1. The Bertz CT molecular complexity index is 669. The Kier molecular flexibility index (Phi) is 4.13. The summed E-state index contributed by atoms with van der Waals surface area (Å²) in [6.07, 6.45) is 1.55. The number of nitrogens with one attached hydrogen (secondary N) is 2. The van der Waals surface area contributed by atoms with Crippen LogP contribution in [0.25, 0.3) is 11.1 Å². The minimum absolute atomic E-state index is 0.00965. The van der Waals surface area contributed by atoms with Crippen molar-refractivity contribution in [1.29, 1.82) is 0 Å². The van der Waals surface area contributed by atoms with E-state index in [1.165, 1.54) is 0 Å². The monoisotopic (exact) mass is 303 g/mol. The number of hydrogen-bond acceptors (Lipinski definition) is 5. The van der Waals surface area contributed by atoms with Crippen molar-refractivity contribution in [3.05, 3.63) is 24.1 Å². The Morgan fingerprint density at radius 2 is 2.23 bits per heavy atom. The van der Waals surface area contributed by atoms with Gasteiger partial charge in [-0.25, -0.2) is 4.98 Å². The van der Waals surface area contributed by atoms with Gasteiger partial charge < -0.3 is 19.8 Å². The molecule has 2 aromatic rings. The first-order valence-corrected chi connectivity index (χ1v) is 7.51. The SMILES string of the molecule is COCC1(C(=O)Nc2ccc3oc(C)nc3c2)CCNCC1. The molecular formula is C16H21N3O3. The van der Waals surface area contributed by atoms with Crippen LogP contribution in [0.3, 0.4) is 0 Å². The van der Waals surface area contributed by atoms with Crippen molar-refractivity contribution in [3.8, 4) is 0 Å². The summed E-state index contributed by atoms with van der Waals surface area (Å²) in [4.78, 5) is 17.1. The van der Waals surface area contributed by atoms with Crippen molar-refractivity contribution in [2.24, 2.45) is 5.41 Å². The Balaban J connectivity index is 1.81. The van der Waals surface area contributed by atoms with Crippen LogP contribution >= 0.6 is 0 Å². The molecule has 3 rings (SSSR count). The quantitative estimate of drug-likeness (QED) is 0.904. The number of ether oxygens (including phenoxy) is 1. The summed E-state index contributed by atoms with van der Waals surface area (Å²) in [5.41, 5.74) is 1.75. The molecule has 1 aliphatic heterocycles. The molecule has 0 atom stereocenters. The van der Waals surface area contributed by atoms with E-state index in [0.717, 1.165) is 42.7 Å². The number of carbonyl (C=O) groups is 1. The maximum absolute atomic E-state index is 12.8. The predicted molar refractivity (Wildman–Crippen MR) is 83.8 cm³/mol. The first-order chi connectivity index (χ1) is 10.6. The number of fused-ring (bicyclic) bond motifs is 1. The summed E-state index contributed by atoms with van der Waals surface area (Å²) >= 11 is 0. The van der Waals surface area contributed by atoms with Crippen molar-refractivity contribution in [3.63, 3.8) is 0 Å². The molecule has 2 N–H and O–H groups in total. The third kappa shape index (κ3) is 2.84. The fraction of sp³-hybridized carbons (Fsp3) is 0.500. The fourth-order valence-electron chi connectivity index (χ4n) is 3.00. The van der Waals surface area contributed by atoms with E-state index in [1.54, 1.807) is 14.0 Å². The Morgan fingerprint density at radius 1 is 1.45 bits per heavy atom. The molecule has 1 aromatic heterocycles. The Morgan fingerprint density at radius 3 is 2.95 bits per heavy atom. The number of aryl methyl sites for hydroxylation is 1. The van der Waals surface area contributed by atoms with Gasteiger partial charge in [0, 0.05) is 19.7 Å². The lowest BCUT2D eigenvalue weighted by Crippen LogP contribution is -2.47. The van der Waals surface area contributed by atoms with Gasteiger partial charge in [0.05, 0.1) is 12.0 Å². The van der Waals surface area contributed by atoms with Gasteiger partial charge in [0.15, 0.2) is 11.5 Å². The minimum atomic E-state index is -0.464. The van der Waals surface area contributed by atoms with Crippen LogP contribution in [0.2, 0.25) is 0 Å². The molecular weight excluding hydrogens is 282 g/mol. The van der Waals surface area contributed by atoms with Gasteiger partial charge in [0.1, 0.15) is 5.52 Å². The fourth-order valence-corrected chi connectivity index (χ4v) is 3.00. The average Bonchev–Trinajstić information content (AvgIpc) is 2.88. The molecule has 118 valence electrons. The third-order valence-corrected chi connectivity index (χ3v) is 4.22. The summed E-state index contributed by atoms with van der Waals surface area (Å²) in [5, 5.41) is 6.30. The minimum Gasteiger partial charge on any atom is -0.441 e. The molecule has 2 heterocycles. The lowest BCUT2D eigenvalue weighted by atomic mass is 9.78. The molecule has 0 radical (unpaired) electrons. The van der Waals surface area contributed by atoms with Gasteiger partial charge in [0.2, 0.25) is 5.91 Å². The topological polar surface area (TPSA) is 76.4 Å². The average molecular weight is 303 g/mol.